The van der Waals surface area contributed by atoms with Crippen LogP contribution in [0, 0.1) is 0 Å². The van der Waals surface area contributed by atoms with Gasteiger partial charge in [0.05, 0.1) is 6.61 Å². The number of hydrogen-bond donors (Lipinski definition) is 1. The van der Waals surface area contributed by atoms with Crippen LogP contribution in [0.3, 0.4) is 0 Å². The molecule has 0 radical (unpaired) electrons. The summed E-state index contributed by atoms with van der Waals surface area (Å²) in [6.07, 6.45) is 0.965. The normalized spacial score (nSPS) is 11.3. The molecule has 1 aromatic rings. The average Bonchev–Trinajstić information content (AvgIpc) is 2.49. The molecular weight excluding hydrogens is 266 g/mol. The van der Waals surface area contributed by atoms with E-state index < -0.39 is 0 Å². The van der Waals surface area contributed by atoms with Crippen molar-refractivity contribution in [3.8, 4) is 5.75 Å². The molecule has 5 nitrogen and oxygen atoms in total. The number of nitrogens with one attached hydrogen (secondary N) is 1. The van der Waals surface area contributed by atoms with Gasteiger partial charge in [-0.25, -0.2) is 0 Å². The van der Waals surface area contributed by atoms with Crippen LogP contribution in [-0.2, 0) is 11.3 Å². The van der Waals surface area contributed by atoms with Crippen molar-refractivity contribution in [3.63, 3.8) is 0 Å². The minimum atomic E-state index is 0.692. The molecule has 1 aromatic carbocycles. The second kappa shape index (κ2) is 10.0. The fraction of sp³-hybridized carbons (Fsp3) is 0.562. The summed E-state index contributed by atoms with van der Waals surface area (Å²) in [6, 6.07) is 8.17. The van der Waals surface area contributed by atoms with Crippen LogP contribution in [-0.4, -0.2) is 51.8 Å². The second-order valence-corrected chi connectivity index (χ2v) is 4.75. The maximum atomic E-state index is 5.45. The van der Waals surface area contributed by atoms with E-state index in [0.29, 0.717) is 6.61 Å². The third kappa shape index (κ3) is 6.49. The number of aliphatic imine (C=N–C) groups is 1. The van der Waals surface area contributed by atoms with Crippen molar-refractivity contribution in [1.82, 2.24) is 10.2 Å². The standard InChI is InChI=1S/C16H27N3O2/c1-5-21-15-9-7-14(8-10-15)13-19(3)16(17-2)18-11-6-12-20-4/h7-10H,5-6,11-13H2,1-4H3,(H,17,18). The van der Waals surface area contributed by atoms with E-state index in [1.807, 2.05) is 26.1 Å². The van der Waals surface area contributed by atoms with Gasteiger partial charge in [-0.3, -0.25) is 4.99 Å². The maximum absolute atomic E-state index is 5.45. The zero-order valence-corrected chi connectivity index (χ0v) is 13.6. The van der Waals surface area contributed by atoms with E-state index in [2.05, 4.69) is 27.3 Å². The van der Waals surface area contributed by atoms with Gasteiger partial charge in [-0.1, -0.05) is 12.1 Å². The van der Waals surface area contributed by atoms with E-state index in [1.54, 1.807) is 14.2 Å². The second-order valence-electron chi connectivity index (χ2n) is 4.75. The van der Waals surface area contributed by atoms with Crippen LogP contribution < -0.4 is 10.1 Å². The molecule has 118 valence electrons. The Morgan fingerprint density at radius 3 is 2.57 bits per heavy atom. The maximum Gasteiger partial charge on any atom is 0.193 e. The molecule has 0 fully saturated rings. The SMILES string of the molecule is CCOc1ccc(CN(C)C(=NC)NCCCOC)cc1. The summed E-state index contributed by atoms with van der Waals surface area (Å²) in [7, 11) is 5.54. The molecule has 0 bridgehead atoms. The zero-order chi connectivity index (χ0) is 15.5. The van der Waals surface area contributed by atoms with E-state index >= 15 is 0 Å². The highest BCUT2D eigenvalue weighted by Gasteiger charge is 2.06. The monoisotopic (exact) mass is 293 g/mol. The van der Waals surface area contributed by atoms with Gasteiger partial charge in [0.1, 0.15) is 5.75 Å². The van der Waals surface area contributed by atoms with Gasteiger partial charge in [0, 0.05) is 40.9 Å². The summed E-state index contributed by atoms with van der Waals surface area (Å²) in [5.74, 6) is 1.80. The van der Waals surface area contributed by atoms with Gasteiger partial charge in [0.25, 0.3) is 0 Å². The first-order chi connectivity index (χ1) is 10.2. The number of rotatable bonds is 8. The fourth-order valence-electron chi connectivity index (χ4n) is 2.01. The Bertz CT molecular complexity index is 418. The lowest BCUT2D eigenvalue weighted by Gasteiger charge is -2.22. The van der Waals surface area contributed by atoms with E-state index in [9.17, 15) is 0 Å². The quantitative estimate of drug-likeness (QED) is 0.453. The first-order valence-electron chi connectivity index (χ1n) is 7.33. The fourth-order valence-corrected chi connectivity index (χ4v) is 2.01. The minimum absolute atomic E-state index is 0.692. The van der Waals surface area contributed by atoms with Gasteiger partial charge < -0.3 is 19.7 Å². The molecule has 0 spiro atoms. The molecule has 5 heteroatoms. The molecule has 0 unspecified atom stereocenters. The number of guanidine groups is 1. The third-order valence-corrected chi connectivity index (χ3v) is 3.04. The Hall–Kier alpha value is -1.75. The molecule has 0 aromatic heterocycles. The molecule has 0 aliphatic rings. The predicted octanol–water partition coefficient (Wildman–Crippen LogP) is 2.13. The van der Waals surface area contributed by atoms with Crippen LogP contribution in [0.15, 0.2) is 29.3 Å². The van der Waals surface area contributed by atoms with Crippen LogP contribution in [0.5, 0.6) is 5.75 Å². The highest BCUT2D eigenvalue weighted by Crippen LogP contribution is 2.13. The highest BCUT2D eigenvalue weighted by atomic mass is 16.5. The molecule has 0 saturated carbocycles. The average molecular weight is 293 g/mol. The van der Waals surface area contributed by atoms with Crippen molar-refractivity contribution >= 4 is 5.96 Å². The zero-order valence-electron chi connectivity index (χ0n) is 13.6. The van der Waals surface area contributed by atoms with Crippen molar-refractivity contribution in [2.45, 2.75) is 19.9 Å². The third-order valence-electron chi connectivity index (χ3n) is 3.04. The Labute approximate surface area is 128 Å². The largest absolute Gasteiger partial charge is 0.494 e. The van der Waals surface area contributed by atoms with E-state index in [-0.39, 0.29) is 0 Å². The van der Waals surface area contributed by atoms with Crippen molar-refractivity contribution in [1.29, 1.82) is 0 Å². The van der Waals surface area contributed by atoms with Gasteiger partial charge >= 0.3 is 0 Å². The lowest BCUT2D eigenvalue weighted by Crippen LogP contribution is -2.39. The van der Waals surface area contributed by atoms with Gasteiger partial charge in [0.2, 0.25) is 0 Å². The summed E-state index contributed by atoms with van der Waals surface area (Å²) in [6.45, 7) is 5.09. The molecule has 0 aliphatic carbocycles. The summed E-state index contributed by atoms with van der Waals surface area (Å²) < 4.78 is 10.5. The molecule has 0 aliphatic heterocycles. The first kappa shape index (κ1) is 17.3. The Morgan fingerprint density at radius 1 is 1.29 bits per heavy atom. The number of methoxy groups -OCH3 is 1. The van der Waals surface area contributed by atoms with Crippen molar-refractivity contribution < 1.29 is 9.47 Å². The number of ether oxygens (including phenoxy) is 2. The summed E-state index contributed by atoms with van der Waals surface area (Å²) in [4.78, 5) is 6.39. The number of hydrogen-bond acceptors (Lipinski definition) is 3. The van der Waals surface area contributed by atoms with Crippen molar-refractivity contribution in [2.24, 2.45) is 4.99 Å². The molecular formula is C16H27N3O2. The molecule has 1 rings (SSSR count). The Morgan fingerprint density at radius 2 is 2.00 bits per heavy atom. The molecule has 0 atom stereocenters. The van der Waals surface area contributed by atoms with Crippen LogP contribution in [0.25, 0.3) is 0 Å². The van der Waals surface area contributed by atoms with Crippen LogP contribution >= 0.6 is 0 Å². The van der Waals surface area contributed by atoms with Crippen molar-refractivity contribution in [3.05, 3.63) is 29.8 Å². The van der Waals surface area contributed by atoms with E-state index in [1.165, 1.54) is 5.56 Å². The van der Waals surface area contributed by atoms with E-state index in [4.69, 9.17) is 9.47 Å². The summed E-state index contributed by atoms with van der Waals surface area (Å²) in [5, 5.41) is 3.33. The number of nitrogens with zero attached hydrogens (tertiary/aromatic N) is 2. The molecule has 1 N–H and O–H groups in total. The van der Waals surface area contributed by atoms with Crippen molar-refractivity contribution in [2.75, 3.05) is 41.0 Å². The van der Waals surface area contributed by atoms with Gasteiger partial charge in [0.15, 0.2) is 5.96 Å². The molecule has 0 amide bonds. The highest BCUT2D eigenvalue weighted by molar-refractivity contribution is 5.79. The van der Waals surface area contributed by atoms with Gasteiger partial charge in [-0.15, -0.1) is 0 Å². The van der Waals surface area contributed by atoms with Crippen LogP contribution in [0.4, 0.5) is 0 Å². The molecule has 0 heterocycles. The smallest absolute Gasteiger partial charge is 0.193 e. The van der Waals surface area contributed by atoms with Gasteiger partial charge in [-0.05, 0) is 31.0 Å². The van der Waals surface area contributed by atoms with Crippen LogP contribution in [0.1, 0.15) is 18.9 Å². The van der Waals surface area contributed by atoms with E-state index in [0.717, 1.165) is 37.8 Å². The van der Waals surface area contributed by atoms with Crippen LogP contribution in [0.2, 0.25) is 0 Å². The summed E-state index contributed by atoms with van der Waals surface area (Å²) >= 11 is 0. The lowest BCUT2D eigenvalue weighted by atomic mass is 10.2. The first-order valence-corrected chi connectivity index (χ1v) is 7.33. The Kier molecular flexibility index (Phi) is 8.28. The summed E-state index contributed by atoms with van der Waals surface area (Å²) in [5.41, 5.74) is 1.22. The number of benzene rings is 1. The lowest BCUT2D eigenvalue weighted by molar-refractivity contribution is 0.195. The topological polar surface area (TPSA) is 46.1 Å². The molecule has 0 saturated heterocycles. The Balaban J connectivity index is 2.47. The van der Waals surface area contributed by atoms with Gasteiger partial charge in [-0.2, -0.15) is 0 Å². The molecule has 21 heavy (non-hydrogen) atoms. The predicted molar refractivity (Wildman–Crippen MR) is 86.9 cm³/mol. The minimum Gasteiger partial charge on any atom is -0.494 e.